The summed E-state index contributed by atoms with van der Waals surface area (Å²) in [6.07, 6.45) is 0. The Bertz CT molecular complexity index is 2680. The zero-order valence-corrected chi connectivity index (χ0v) is 28.1. The summed E-state index contributed by atoms with van der Waals surface area (Å²) in [6, 6.07) is 65.5. The van der Waals surface area contributed by atoms with E-state index in [1.54, 1.807) is 0 Å². The van der Waals surface area contributed by atoms with Gasteiger partial charge in [0.05, 0.1) is 39.5 Å². The SMILES string of the molecule is c1ccc(-c2cc(-c3nc(-c4ccccc4)cc(-c4ccccc4)n3)cc(N3c4ccccc4-c4ccccc4-n4c3nc3ccccc34)c2)cc1. The molecule has 3 heterocycles. The molecule has 0 fully saturated rings. The number of anilines is 3. The van der Waals surface area contributed by atoms with Crippen molar-refractivity contribution in [1.29, 1.82) is 0 Å². The van der Waals surface area contributed by atoms with Crippen molar-refractivity contribution in [2.45, 2.75) is 0 Å². The first-order valence-corrected chi connectivity index (χ1v) is 17.5. The van der Waals surface area contributed by atoms with Gasteiger partial charge in [-0.2, -0.15) is 0 Å². The molecule has 0 bridgehead atoms. The van der Waals surface area contributed by atoms with E-state index in [9.17, 15) is 0 Å². The third kappa shape index (κ3) is 5.07. The van der Waals surface area contributed by atoms with Crippen LogP contribution in [-0.4, -0.2) is 19.5 Å². The topological polar surface area (TPSA) is 46.8 Å². The summed E-state index contributed by atoms with van der Waals surface area (Å²) in [7, 11) is 0. The molecule has 0 amide bonds. The normalized spacial score (nSPS) is 11.8. The maximum atomic E-state index is 5.34. The molecule has 0 N–H and O–H groups in total. The summed E-state index contributed by atoms with van der Waals surface area (Å²) in [5, 5.41) is 0. The quantitative estimate of drug-likeness (QED) is 0.184. The highest BCUT2D eigenvalue weighted by molar-refractivity contribution is 5.97. The van der Waals surface area contributed by atoms with Gasteiger partial charge < -0.3 is 0 Å². The Kier molecular flexibility index (Phi) is 7.07. The number of hydrogen-bond donors (Lipinski definition) is 0. The minimum Gasteiger partial charge on any atom is -0.280 e. The lowest BCUT2D eigenvalue weighted by Gasteiger charge is -2.26. The summed E-state index contributed by atoms with van der Waals surface area (Å²) >= 11 is 0. The van der Waals surface area contributed by atoms with Gasteiger partial charge in [0.25, 0.3) is 0 Å². The van der Waals surface area contributed by atoms with Crippen molar-refractivity contribution < 1.29 is 0 Å². The van der Waals surface area contributed by atoms with Gasteiger partial charge in [-0.1, -0.05) is 140 Å². The molecule has 0 spiro atoms. The Morgan fingerprint density at radius 3 is 1.56 bits per heavy atom. The van der Waals surface area contributed by atoms with Gasteiger partial charge in [0.1, 0.15) is 0 Å². The van der Waals surface area contributed by atoms with Crippen molar-refractivity contribution in [3.63, 3.8) is 0 Å². The molecule has 52 heavy (non-hydrogen) atoms. The molecular formula is C47H31N5. The second-order valence-corrected chi connectivity index (χ2v) is 12.9. The van der Waals surface area contributed by atoms with Crippen LogP contribution in [0.5, 0.6) is 0 Å². The van der Waals surface area contributed by atoms with Crippen LogP contribution < -0.4 is 4.90 Å². The van der Waals surface area contributed by atoms with E-state index in [0.717, 1.165) is 84.4 Å². The van der Waals surface area contributed by atoms with Crippen LogP contribution in [0.2, 0.25) is 0 Å². The second-order valence-electron chi connectivity index (χ2n) is 12.9. The van der Waals surface area contributed by atoms with Gasteiger partial charge >= 0.3 is 0 Å². The van der Waals surface area contributed by atoms with Crippen LogP contribution in [0.25, 0.3) is 72.9 Å². The molecule has 0 saturated heterocycles. The average Bonchev–Trinajstić information content (AvgIpc) is 3.55. The third-order valence-corrected chi connectivity index (χ3v) is 9.73. The molecule has 7 aromatic carbocycles. The van der Waals surface area contributed by atoms with E-state index < -0.39 is 0 Å². The maximum absolute atomic E-state index is 5.34. The first kappa shape index (κ1) is 29.8. The van der Waals surface area contributed by atoms with E-state index in [4.69, 9.17) is 15.0 Å². The molecule has 9 aromatic rings. The molecule has 0 saturated carbocycles. The number of para-hydroxylation sites is 4. The van der Waals surface area contributed by atoms with Gasteiger partial charge in [0.15, 0.2) is 5.82 Å². The Morgan fingerprint density at radius 1 is 0.365 bits per heavy atom. The van der Waals surface area contributed by atoms with Gasteiger partial charge in [-0.3, -0.25) is 9.47 Å². The third-order valence-electron chi connectivity index (χ3n) is 9.73. The lowest BCUT2D eigenvalue weighted by molar-refractivity contribution is 1.05. The van der Waals surface area contributed by atoms with Crippen LogP contribution in [-0.2, 0) is 0 Å². The molecule has 10 rings (SSSR count). The van der Waals surface area contributed by atoms with Gasteiger partial charge in [-0.05, 0) is 59.7 Å². The Balaban J connectivity index is 1.27. The molecule has 0 unspecified atom stereocenters. The lowest BCUT2D eigenvalue weighted by atomic mass is 9.99. The van der Waals surface area contributed by atoms with E-state index in [0.29, 0.717) is 5.82 Å². The van der Waals surface area contributed by atoms with Crippen molar-refractivity contribution in [1.82, 2.24) is 19.5 Å². The predicted octanol–water partition coefficient (Wildman–Crippen LogP) is 11.9. The smallest absolute Gasteiger partial charge is 0.220 e. The number of nitrogens with zero attached hydrogens (tertiary/aromatic N) is 5. The van der Waals surface area contributed by atoms with E-state index in [2.05, 4.69) is 161 Å². The molecule has 0 radical (unpaired) electrons. The fraction of sp³-hybridized carbons (Fsp3) is 0. The van der Waals surface area contributed by atoms with Crippen LogP contribution in [0.3, 0.4) is 0 Å². The van der Waals surface area contributed by atoms with E-state index in [1.807, 2.05) is 36.4 Å². The highest BCUT2D eigenvalue weighted by Crippen LogP contribution is 2.48. The van der Waals surface area contributed by atoms with Crippen LogP contribution in [0.1, 0.15) is 0 Å². The largest absolute Gasteiger partial charge is 0.280 e. The molecule has 2 aromatic heterocycles. The minimum absolute atomic E-state index is 0.652. The van der Waals surface area contributed by atoms with Crippen LogP contribution in [0.4, 0.5) is 17.3 Å². The number of benzene rings is 7. The minimum atomic E-state index is 0.652. The molecule has 1 aliphatic rings. The van der Waals surface area contributed by atoms with Crippen LogP contribution in [0.15, 0.2) is 188 Å². The average molecular weight is 666 g/mol. The Labute approximate surface area is 301 Å². The van der Waals surface area contributed by atoms with Gasteiger partial charge in [0, 0.05) is 27.8 Å². The zero-order chi connectivity index (χ0) is 34.4. The number of rotatable bonds is 5. The highest BCUT2D eigenvalue weighted by atomic mass is 15.3. The molecule has 0 aliphatic carbocycles. The van der Waals surface area contributed by atoms with E-state index in [1.165, 1.54) is 0 Å². The second kappa shape index (κ2) is 12.3. The number of fused-ring (bicyclic) bond motifs is 7. The molecule has 1 aliphatic heterocycles. The number of imidazole rings is 1. The standard InChI is InChI=1S/C47H31N5/c1-4-16-32(17-5-1)35-28-36(46-48-41(33-18-6-2-7-19-33)31-42(49-46)34-20-8-3-9-21-34)30-37(29-35)51-43-25-13-10-22-38(43)39-23-11-14-26-44(39)52-45-27-15-12-24-40(45)50-47(51)52/h1-31H. The van der Waals surface area contributed by atoms with Gasteiger partial charge in [-0.25, -0.2) is 15.0 Å². The molecule has 5 nitrogen and oxygen atoms in total. The Hall–Kier alpha value is -7.11. The first-order chi connectivity index (χ1) is 25.8. The van der Waals surface area contributed by atoms with Crippen LogP contribution in [0, 0.1) is 0 Å². The van der Waals surface area contributed by atoms with Crippen molar-refractivity contribution in [2.24, 2.45) is 0 Å². The first-order valence-electron chi connectivity index (χ1n) is 17.5. The van der Waals surface area contributed by atoms with E-state index in [-0.39, 0.29) is 0 Å². The summed E-state index contributed by atoms with van der Waals surface area (Å²) in [6.45, 7) is 0. The summed E-state index contributed by atoms with van der Waals surface area (Å²) in [4.78, 5) is 18.1. The fourth-order valence-electron chi connectivity index (χ4n) is 7.31. The lowest BCUT2D eigenvalue weighted by Crippen LogP contribution is -2.14. The predicted molar refractivity (Wildman–Crippen MR) is 212 cm³/mol. The number of hydrogen-bond acceptors (Lipinski definition) is 4. The molecule has 244 valence electrons. The van der Waals surface area contributed by atoms with Crippen molar-refractivity contribution in [2.75, 3.05) is 4.90 Å². The van der Waals surface area contributed by atoms with Crippen LogP contribution >= 0.6 is 0 Å². The maximum Gasteiger partial charge on any atom is 0.220 e. The fourth-order valence-corrected chi connectivity index (χ4v) is 7.31. The number of aromatic nitrogens is 4. The Morgan fingerprint density at radius 2 is 0.885 bits per heavy atom. The summed E-state index contributed by atoms with van der Waals surface area (Å²) < 4.78 is 2.29. The van der Waals surface area contributed by atoms with Crippen molar-refractivity contribution in [3.05, 3.63) is 188 Å². The van der Waals surface area contributed by atoms with Crippen molar-refractivity contribution >= 4 is 28.4 Å². The monoisotopic (exact) mass is 665 g/mol. The van der Waals surface area contributed by atoms with Gasteiger partial charge in [-0.15, -0.1) is 0 Å². The van der Waals surface area contributed by atoms with Crippen molar-refractivity contribution in [3.8, 4) is 61.8 Å². The van der Waals surface area contributed by atoms with E-state index >= 15 is 0 Å². The molecule has 0 atom stereocenters. The summed E-state index contributed by atoms with van der Waals surface area (Å²) in [5.41, 5.74) is 14.2. The zero-order valence-electron chi connectivity index (χ0n) is 28.1. The molecular weight excluding hydrogens is 635 g/mol. The molecule has 5 heteroatoms. The highest BCUT2D eigenvalue weighted by Gasteiger charge is 2.29. The van der Waals surface area contributed by atoms with Gasteiger partial charge in [0.2, 0.25) is 5.95 Å². The summed E-state index contributed by atoms with van der Waals surface area (Å²) in [5.74, 6) is 1.47.